The molecule has 120 valence electrons. The standard InChI is InChI=1S/C15H20N2O5/c1-22-14-7-2-10(8-13(14)17(20)21)9-16-12-5-3-11(4-6-12)15(18)19/h2,7-8,11-12,16H,3-6,9H2,1H3,(H,18,19). The Labute approximate surface area is 128 Å². The van der Waals surface area contributed by atoms with Crippen LogP contribution in [0, 0.1) is 16.0 Å². The molecule has 0 saturated heterocycles. The molecule has 1 saturated carbocycles. The van der Waals surface area contributed by atoms with Gasteiger partial charge in [-0.1, -0.05) is 6.07 Å². The molecule has 0 radical (unpaired) electrons. The lowest BCUT2D eigenvalue weighted by Gasteiger charge is -2.27. The van der Waals surface area contributed by atoms with Gasteiger partial charge >= 0.3 is 11.7 Å². The summed E-state index contributed by atoms with van der Waals surface area (Å²) >= 11 is 0. The number of carboxylic acid groups (broad SMARTS) is 1. The van der Waals surface area contributed by atoms with E-state index in [-0.39, 0.29) is 23.4 Å². The van der Waals surface area contributed by atoms with Crippen molar-refractivity contribution in [3.8, 4) is 5.75 Å². The number of ether oxygens (including phenoxy) is 1. The second kappa shape index (κ2) is 7.22. The first-order valence-corrected chi connectivity index (χ1v) is 7.28. The Bertz CT molecular complexity index is 553. The van der Waals surface area contributed by atoms with Crippen molar-refractivity contribution in [2.24, 2.45) is 5.92 Å². The summed E-state index contributed by atoms with van der Waals surface area (Å²) in [5, 5.41) is 23.3. The molecular formula is C15H20N2O5. The molecule has 0 atom stereocenters. The highest BCUT2D eigenvalue weighted by atomic mass is 16.6. The molecule has 1 fully saturated rings. The number of methoxy groups -OCH3 is 1. The normalized spacial score (nSPS) is 21.3. The fourth-order valence-electron chi connectivity index (χ4n) is 2.79. The summed E-state index contributed by atoms with van der Waals surface area (Å²) in [6, 6.07) is 5.16. The second-order valence-electron chi connectivity index (χ2n) is 5.53. The van der Waals surface area contributed by atoms with Crippen LogP contribution in [0.3, 0.4) is 0 Å². The number of carbonyl (C=O) groups is 1. The number of rotatable bonds is 6. The zero-order chi connectivity index (χ0) is 16.1. The molecule has 0 aliphatic heterocycles. The molecule has 1 aromatic rings. The summed E-state index contributed by atoms with van der Waals surface area (Å²) in [4.78, 5) is 21.4. The lowest BCUT2D eigenvalue weighted by atomic mass is 9.86. The Hall–Kier alpha value is -2.15. The molecule has 1 aliphatic rings. The van der Waals surface area contributed by atoms with Crippen LogP contribution in [0.15, 0.2) is 18.2 Å². The van der Waals surface area contributed by atoms with E-state index >= 15 is 0 Å². The van der Waals surface area contributed by atoms with Gasteiger partial charge in [0.1, 0.15) is 0 Å². The maximum absolute atomic E-state index is 11.0. The van der Waals surface area contributed by atoms with E-state index in [0.717, 1.165) is 18.4 Å². The number of nitro benzene ring substituents is 1. The van der Waals surface area contributed by atoms with Gasteiger partial charge < -0.3 is 15.2 Å². The van der Waals surface area contributed by atoms with Crippen LogP contribution >= 0.6 is 0 Å². The average Bonchev–Trinajstić information content (AvgIpc) is 2.53. The summed E-state index contributed by atoms with van der Waals surface area (Å²) in [6.07, 6.45) is 2.98. The van der Waals surface area contributed by atoms with Crippen molar-refractivity contribution >= 4 is 11.7 Å². The highest BCUT2D eigenvalue weighted by Gasteiger charge is 2.25. The number of nitrogens with one attached hydrogen (secondary N) is 1. The van der Waals surface area contributed by atoms with Crippen LogP contribution in [0.5, 0.6) is 5.75 Å². The van der Waals surface area contributed by atoms with Gasteiger partial charge in [0.15, 0.2) is 5.75 Å². The van der Waals surface area contributed by atoms with Gasteiger partial charge in [-0.05, 0) is 37.3 Å². The van der Waals surface area contributed by atoms with Gasteiger partial charge in [-0.2, -0.15) is 0 Å². The molecule has 0 heterocycles. The van der Waals surface area contributed by atoms with Crippen LogP contribution in [0.2, 0.25) is 0 Å². The predicted molar refractivity (Wildman–Crippen MR) is 79.9 cm³/mol. The average molecular weight is 308 g/mol. The van der Waals surface area contributed by atoms with Crippen LogP contribution in [0.25, 0.3) is 0 Å². The Balaban J connectivity index is 1.91. The molecular weight excluding hydrogens is 288 g/mol. The number of nitro groups is 1. The smallest absolute Gasteiger partial charge is 0.311 e. The first-order valence-electron chi connectivity index (χ1n) is 7.28. The number of hydrogen-bond donors (Lipinski definition) is 2. The van der Waals surface area contributed by atoms with Gasteiger partial charge in [-0.25, -0.2) is 0 Å². The minimum Gasteiger partial charge on any atom is -0.490 e. The number of aliphatic carboxylic acids is 1. The summed E-state index contributed by atoms with van der Waals surface area (Å²) in [7, 11) is 1.40. The Morgan fingerprint density at radius 2 is 2.09 bits per heavy atom. The van der Waals surface area contributed by atoms with Crippen LogP contribution in [0.1, 0.15) is 31.2 Å². The molecule has 22 heavy (non-hydrogen) atoms. The summed E-state index contributed by atoms with van der Waals surface area (Å²) in [5.41, 5.74) is 0.768. The fraction of sp³-hybridized carbons (Fsp3) is 0.533. The summed E-state index contributed by atoms with van der Waals surface area (Å²) in [6.45, 7) is 0.521. The Morgan fingerprint density at radius 3 is 2.64 bits per heavy atom. The van der Waals surface area contributed by atoms with Crippen LogP contribution in [0.4, 0.5) is 5.69 Å². The first-order chi connectivity index (χ1) is 10.5. The van der Waals surface area contributed by atoms with Crippen molar-refractivity contribution < 1.29 is 19.6 Å². The molecule has 0 spiro atoms. The minimum absolute atomic E-state index is 0.0450. The SMILES string of the molecule is COc1ccc(CNC2CCC(C(=O)O)CC2)cc1[N+](=O)[O-]. The maximum atomic E-state index is 11.0. The van der Waals surface area contributed by atoms with E-state index in [1.807, 2.05) is 0 Å². The van der Waals surface area contributed by atoms with Gasteiger partial charge in [0, 0.05) is 18.7 Å². The van der Waals surface area contributed by atoms with E-state index < -0.39 is 10.9 Å². The van der Waals surface area contributed by atoms with E-state index in [4.69, 9.17) is 9.84 Å². The Kier molecular flexibility index (Phi) is 5.32. The second-order valence-corrected chi connectivity index (χ2v) is 5.53. The lowest BCUT2D eigenvalue weighted by molar-refractivity contribution is -0.385. The van der Waals surface area contributed by atoms with Gasteiger partial charge in [0.25, 0.3) is 0 Å². The molecule has 7 nitrogen and oxygen atoms in total. The van der Waals surface area contributed by atoms with Gasteiger partial charge in [0.2, 0.25) is 0 Å². The molecule has 1 aromatic carbocycles. The summed E-state index contributed by atoms with van der Waals surface area (Å²) in [5.74, 6) is -0.708. The van der Waals surface area contributed by atoms with Gasteiger partial charge in [-0.15, -0.1) is 0 Å². The van der Waals surface area contributed by atoms with Crippen LogP contribution in [-0.2, 0) is 11.3 Å². The van der Waals surface area contributed by atoms with Crippen molar-refractivity contribution in [1.29, 1.82) is 0 Å². The van der Waals surface area contributed by atoms with E-state index in [2.05, 4.69) is 5.32 Å². The van der Waals surface area contributed by atoms with Gasteiger partial charge in [-0.3, -0.25) is 14.9 Å². The monoisotopic (exact) mass is 308 g/mol. The zero-order valence-electron chi connectivity index (χ0n) is 12.4. The topological polar surface area (TPSA) is 102 Å². The van der Waals surface area contributed by atoms with Crippen molar-refractivity contribution in [3.63, 3.8) is 0 Å². The maximum Gasteiger partial charge on any atom is 0.311 e. The molecule has 0 aromatic heterocycles. The van der Waals surface area contributed by atoms with Crippen molar-refractivity contribution in [3.05, 3.63) is 33.9 Å². The highest BCUT2D eigenvalue weighted by molar-refractivity contribution is 5.70. The Morgan fingerprint density at radius 1 is 1.41 bits per heavy atom. The molecule has 0 bridgehead atoms. The van der Waals surface area contributed by atoms with E-state index in [1.165, 1.54) is 13.2 Å². The number of hydrogen-bond acceptors (Lipinski definition) is 5. The molecule has 0 amide bonds. The van der Waals surface area contributed by atoms with Crippen molar-refractivity contribution in [2.75, 3.05) is 7.11 Å². The number of nitrogens with zero attached hydrogens (tertiary/aromatic N) is 1. The molecule has 7 heteroatoms. The third-order valence-electron chi connectivity index (χ3n) is 4.11. The van der Waals surface area contributed by atoms with Crippen molar-refractivity contribution in [2.45, 2.75) is 38.3 Å². The van der Waals surface area contributed by atoms with Crippen LogP contribution in [-0.4, -0.2) is 29.2 Å². The third-order valence-corrected chi connectivity index (χ3v) is 4.11. The van der Waals surface area contributed by atoms with Gasteiger partial charge in [0.05, 0.1) is 18.0 Å². The number of benzene rings is 1. The predicted octanol–water partition coefficient (Wildman–Crippen LogP) is 2.34. The first kappa shape index (κ1) is 16.2. The van der Waals surface area contributed by atoms with E-state index in [1.54, 1.807) is 12.1 Å². The number of carboxylic acids is 1. The fourth-order valence-corrected chi connectivity index (χ4v) is 2.79. The molecule has 0 unspecified atom stereocenters. The van der Waals surface area contributed by atoms with Crippen LogP contribution < -0.4 is 10.1 Å². The van der Waals surface area contributed by atoms with Crippen molar-refractivity contribution in [1.82, 2.24) is 5.32 Å². The largest absolute Gasteiger partial charge is 0.490 e. The molecule has 1 aliphatic carbocycles. The summed E-state index contributed by atoms with van der Waals surface area (Å²) < 4.78 is 4.97. The van der Waals surface area contributed by atoms with E-state index in [0.29, 0.717) is 19.4 Å². The van der Waals surface area contributed by atoms with E-state index in [9.17, 15) is 14.9 Å². The molecule has 2 N–H and O–H groups in total. The highest BCUT2D eigenvalue weighted by Crippen LogP contribution is 2.28. The quantitative estimate of drug-likeness (QED) is 0.618. The third kappa shape index (κ3) is 3.94. The minimum atomic E-state index is -0.718. The lowest BCUT2D eigenvalue weighted by Crippen LogP contribution is -2.34. The molecule has 2 rings (SSSR count). The zero-order valence-corrected chi connectivity index (χ0v) is 12.4.